The number of halogens is 2. The quantitative estimate of drug-likeness (QED) is 0.361. The van der Waals surface area contributed by atoms with Crippen molar-refractivity contribution in [2.24, 2.45) is 4.99 Å². The van der Waals surface area contributed by atoms with Gasteiger partial charge in [0.15, 0.2) is 5.17 Å². The zero-order valence-electron chi connectivity index (χ0n) is 21.0. The first-order valence-corrected chi connectivity index (χ1v) is 12.9. The van der Waals surface area contributed by atoms with Crippen molar-refractivity contribution in [1.29, 1.82) is 0 Å². The van der Waals surface area contributed by atoms with Crippen molar-refractivity contribution >= 4 is 69.7 Å². The molecule has 1 N–H and O–H groups in total. The first-order chi connectivity index (χ1) is 17.9. The number of hydrogen-bond acceptors (Lipinski definition) is 7. The Labute approximate surface area is 234 Å². The minimum atomic E-state index is -0.720. The first kappa shape index (κ1) is 29.2. The third kappa shape index (κ3) is 7.83. The zero-order chi connectivity index (χ0) is 28.0. The zero-order valence-corrected chi connectivity index (χ0v) is 23.4. The summed E-state index contributed by atoms with van der Waals surface area (Å²) in [5.74, 6) is -1.95. The minimum absolute atomic E-state index is 0.0382. The predicted molar refractivity (Wildman–Crippen MR) is 148 cm³/mol. The van der Waals surface area contributed by atoms with E-state index in [1.54, 1.807) is 45.0 Å². The molecule has 0 spiro atoms. The molecule has 38 heavy (non-hydrogen) atoms. The van der Waals surface area contributed by atoms with Crippen molar-refractivity contribution in [3.05, 3.63) is 74.6 Å². The summed E-state index contributed by atoms with van der Waals surface area (Å²) in [5, 5.41) is 3.20. The summed E-state index contributed by atoms with van der Waals surface area (Å²) in [6.07, 6.45) is 1.05. The Hall–Kier alpha value is -3.34. The molecule has 1 heterocycles. The molecule has 1 aliphatic heterocycles. The van der Waals surface area contributed by atoms with E-state index >= 15 is 0 Å². The summed E-state index contributed by atoms with van der Waals surface area (Å²) in [4.78, 5) is 55.1. The fourth-order valence-electron chi connectivity index (χ4n) is 3.19. The van der Waals surface area contributed by atoms with Gasteiger partial charge in [-0.1, -0.05) is 35.3 Å². The number of benzene rings is 2. The van der Waals surface area contributed by atoms with E-state index in [0.29, 0.717) is 23.7 Å². The lowest BCUT2D eigenvalue weighted by molar-refractivity contribution is -0.135. The SMILES string of the molecule is COC(=O)C=C1SC(=NC(=O)c2ccc(Cl)cc2Cl)N(c2ccc(CCNC(=O)OC(C)(C)C)cc2)C1=O. The number of amidine groups is 1. The number of ether oxygens (including phenoxy) is 2. The number of anilines is 1. The van der Waals surface area contributed by atoms with Crippen molar-refractivity contribution in [1.82, 2.24) is 5.32 Å². The number of hydrogen-bond donors (Lipinski definition) is 1. The molecule has 200 valence electrons. The number of nitrogens with zero attached hydrogens (tertiary/aromatic N) is 2. The van der Waals surface area contributed by atoms with Crippen molar-refractivity contribution < 1.29 is 28.7 Å². The molecule has 12 heteroatoms. The second-order valence-electron chi connectivity index (χ2n) is 8.94. The normalized spacial score (nSPS) is 15.6. The molecule has 2 aromatic rings. The number of carbonyl (C=O) groups is 4. The number of esters is 1. The molecule has 0 radical (unpaired) electrons. The van der Waals surface area contributed by atoms with Gasteiger partial charge in [-0.2, -0.15) is 4.99 Å². The van der Waals surface area contributed by atoms with Gasteiger partial charge < -0.3 is 14.8 Å². The van der Waals surface area contributed by atoms with E-state index in [9.17, 15) is 19.2 Å². The molecular weight excluding hydrogens is 553 g/mol. The lowest BCUT2D eigenvalue weighted by Crippen LogP contribution is -2.33. The van der Waals surface area contributed by atoms with Gasteiger partial charge >= 0.3 is 12.1 Å². The Morgan fingerprint density at radius 1 is 1.11 bits per heavy atom. The predicted octanol–water partition coefficient (Wildman–Crippen LogP) is 5.39. The van der Waals surface area contributed by atoms with Crippen LogP contribution in [0.15, 0.2) is 58.4 Å². The van der Waals surface area contributed by atoms with Crippen molar-refractivity contribution in [3.63, 3.8) is 0 Å². The molecule has 2 aromatic carbocycles. The molecule has 9 nitrogen and oxygen atoms in total. The average Bonchev–Trinajstić information content (AvgIpc) is 3.12. The fraction of sp³-hybridized carbons (Fsp3) is 0.269. The van der Waals surface area contributed by atoms with Gasteiger partial charge in [0.05, 0.1) is 28.3 Å². The van der Waals surface area contributed by atoms with Crippen molar-refractivity contribution in [3.8, 4) is 0 Å². The van der Waals surface area contributed by atoms with Crippen LogP contribution in [0.2, 0.25) is 10.0 Å². The summed E-state index contributed by atoms with van der Waals surface area (Å²) in [5.41, 5.74) is 0.826. The number of rotatable bonds is 6. The molecule has 0 aromatic heterocycles. The maximum absolute atomic E-state index is 13.2. The van der Waals surface area contributed by atoms with Gasteiger partial charge in [-0.3, -0.25) is 14.5 Å². The monoisotopic (exact) mass is 577 g/mol. The molecule has 0 saturated carbocycles. The number of aliphatic imine (C=N–C) groups is 1. The number of thioether (sulfide) groups is 1. The summed E-state index contributed by atoms with van der Waals surface area (Å²) in [7, 11) is 1.19. The van der Waals surface area contributed by atoms with E-state index in [-0.39, 0.29) is 20.7 Å². The van der Waals surface area contributed by atoms with Gasteiger partial charge in [0.25, 0.3) is 11.8 Å². The van der Waals surface area contributed by atoms with Gasteiger partial charge in [0, 0.05) is 17.6 Å². The van der Waals surface area contributed by atoms with E-state index in [0.717, 1.165) is 23.4 Å². The summed E-state index contributed by atoms with van der Waals surface area (Å²) < 4.78 is 9.85. The van der Waals surface area contributed by atoms with E-state index in [4.69, 9.17) is 27.9 Å². The second kappa shape index (κ2) is 12.5. The minimum Gasteiger partial charge on any atom is -0.466 e. The van der Waals surface area contributed by atoms with Crippen LogP contribution in [0.4, 0.5) is 10.5 Å². The Balaban J connectivity index is 1.83. The molecule has 0 aliphatic carbocycles. The second-order valence-corrected chi connectivity index (χ2v) is 10.8. The number of alkyl carbamates (subject to hydrolysis) is 1. The number of methoxy groups -OCH3 is 1. The maximum Gasteiger partial charge on any atom is 0.407 e. The number of amides is 3. The molecule has 0 atom stereocenters. The van der Waals surface area contributed by atoms with Crippen LogP contribution < -0.4 is 10.2 Å². The standard InChI is InChI=1S/C26H25Cl2N3O6S/c1-26(2,3)37-25(35)29-12-11-15-5-8-17(9-6-15)31-23(34)20(14-21(32)36-4)38-24(31)30-22(33)18-10-7-16(27)13-19(18)28/h5-10,13-14H,11-12H2,1-4H3,(H,29,35). The Bertz CT molecular complexity index is 1320. The maximum atomic E-state index is 13.2. The van der Waals surface area contributed by atoms with Gasteiger partial charge in [-0.25, -0.2) is 9.59 Å². The average molecular weight is 578 g/mol. The molecule has 1 aliphatic rings. The van der Waals surface area contributed by atoms with Crippen LogP contribution in [0, 0.1) is 0 Å². The molecular formula is C26H25Cl2N3O6S. The Kier molecular flexibility index (Phi) is 9.59. The Morgan fingerprint density at radius 2 is 1.79 bits per heavy atom. The highest BCUT2D eigenvalue weighted by Gasteiger charge is 2.36. The third-order valence-corrected chi connectivity index (χ3v) is 6.41. The van der Waals surface area contributed by atoms with E-state index in [1.165, 1.54) is 30.2 Å². The molecule has 3 rings (SSSR count). The van der Waals surface area contributed by atoms with Gasteiger partial charge in [0.1, 0.15) is 5.60 Å². The van der Waals surface area contributed by atoms with Crippen LogP contribution in [-0.4, -0.2) is 48.3 Å². The van der Waals surface area contributed by atoms with Crippen LogP contribution >= 0.6 is 35.0 Å². The van der Waals surface area contributed by atoms with Crippen LogP contribution in [0.25, 0.3) is 0 Å². The van der Waals surface area contributed by atoms with Crippen LogP contribution in [-0.2, 0) is 25.5 Å². The highest BCUT2D eigenvalue weighted by atomic mass is 35.5. The fourth-order valence-corrected chi connectivity index (χ4v) is 4.62. The van der Waals surface area contributed by atoms with Crippen LogP contribution in [0.1, 0.15) is 36.7 Å². The molecule has 0 unspecified atom stereocenters. The van der Waals surface area contributed by atoms with E-state index < -0.39 is 29.5 Å². The topological polar surface area (TPSA) is 114 Å². The van der Waals surface area contributed by atoms with Crippen LogP contribution in [0.3, 0.4) is 0 Å². The molecule has 3 amide bonds. The van der Waals surface area contributed by atoms with E-state index in [2.05, 4.69) is 15.0 Å². The lowest BCUT2D eigenvalue weighted by atomic mass is 10.1. The van der Waals surface area contributed by atoms with Crippen molar-refractivity contribution in [2.75, 3.05) is 18.6 Å². The summed E-state index contributed by atoms with van der Waals surface area (Å²) in [6.45, 7) is 5.69. The summed E-state index contributed by atoms with van der Waals surface area (Å²) >= 11 is 12.9. The molecule has 1 fully saturated rings. The number of carbonyl (C=O) groups excluding carboxylic acids is 4. The highest BCUT2D eigenvalue weighted by molar-refractivity contribution is 8.19. The largest absolute Gasteiger partial charge is 0.466 e. The van der Waals surface area contributed by atoms with Gasteiger partial charge in [0.2, 0.25) is 0 Å². The van der Waals surface area contributed by atoms with Crippen molar-refractivity contribution in [2.45, 2.75) is 32.8 Å². The summed E-state index contributed by atoms with van der Waals surface area (Å²) in [6, 6.07) is 11.3. The number of nitrogens with one attached hydrogen (secondary N) is 1. The van der Waals surface area contributed by atoms with Crippen LogP contribution in [0.5, 0.6) is 0 Å². The molecule has 0 bridgehead atoms. The lowest BCUT2D eigenvalue weighted by Gasteiger charge is -2.19. The molecule has 1 saturated heterocycles. The highest BCUT2D eigenvalue weighted by Crippen LogP contribution is 2.35. The van der Waals surface area contributed by atoms with Gasteiger partial charge in [-0.05, 0) is 74.8 Å². The third-order valence-electron chi connectivity index (χ3n) is 4.89. The first-order valence-electron chi connectivity index (χ1n) is 11.3. The van der Waals surface area contributed by atoms with E-state index in [1.807, 2.05) is 0 Å². The Morgan fingerprint density at radius 3 is 2.39 bits per heavy atom. The van der Waals surface area contributed by atoms with Gasteiger partial charge in [-0.15, -0.1) is 0 Å². The smallest absolute Gasteiger partial charge is 0.407 e.